The maximum Gasteiger partial charge on any atom is 0.275 e. The number of hydrogen-bond acceptors (Lipinski definition) is 4. The Hall–Kier alpha value is -3.22. The number of anilines is 1. The largest absolute Gasteiger partial charge is 0.369 e. The molecular formula is C20H21N3O4. The summed E-state index contributed by atoms with van der Waals surface area (Å²) >= 11 is 0. The number of hydrogen-bond donors (Lipinski definition) is 1. The van der Waals surface area contributed by atoms with Crippen LogP contribution in [0.4, 0.5) is 11.4 Å². The molecule has 2 amide bonds. The Morgan fingerprint density at radius 1 is 1.26 bits per heavy atom. The molecule has 27 heavy (non-hydrogen) atoms. The lowest BCUT2D eigenvalue weighted by Crippen LogP contribution is -2.33. The van der Waals surface area contributed by atoms with Gasteiger partial charge in [-0.25, -0.2) is 0 Å². The monoisotopic (exact) mass is 367 g/mol. The number of nitrogens with two attached hydrogens (primary N) is 1. The molecule has 7 heteroatoms. The number of nitro groups is 1. The lowest BCUT2D eigenvalue weighted by Gasteiger charge is -2.19. The van der Waals surface area contributed by atoms with Gasteiger partial charge in [0.1, 0.15) is 0 Å². The zero-order valence-corrected chi connectivity index (χ0v) is 15.4. The van der Waals surface area contributed by atoms with Gasteiger partial charge in [-0.3, -0.25) is 19.7 Å². The normalized spacial score (nSPS) is 16.1. The number of carbonyl (C=O) groups is 2. The summed E-state index contributed by atoms with van der Waals surface area (Å²) in [6, 6.07) is 12.2. The molecule has 1 heterocycles. The summed E-state index contributed by atoms with van der Waals surface area (Å²) in [7, 11) is 1.59. The Kier molecular flexibility index (Phi) is 4.47. The van der Waals surface area contributed by atoms with Crippen LogP contribution >= 0.6 is 0 Å². The smallest absolute Gasteiger partial charge is 0.275 e. The van der Waals surface area contributed by atoms with Gasteiger partial charge in [-0.05, 0) is 37.5 Å². The van der Waals surface area contributed by atoms with Crippen molar-refractivity contribution >= 4 is 23.2 Å². The first-order valence-corrected chi connectivity index (χ1v) is 8.58. The maximum atomic E-state index is 12.5. The molecule has 0 aliphatic carbocycles. The molecule has 0 aromatic heterocycles. The fraction of sp³-hybridized carbons (Fsp3) is 0.300. The van der Waals surface area contributed by atoms with E-state index in [1.165, 1.54) is 11.0 Å². The standard InChI is InChI=1S/C20H21N3O4/c1-20(2)15-10-13(14(18(21)24)9-12-7-5-4-6-8-12)16(23(26)27)11-17(15)22(3)19(20)25/h4-8,10-11,14H,9H2,1-3H3,(H2,21,24). The van der Waals surface area contributed by atoms with Crippen molar-refractivity contribution in [2.24, 2.45) is 5.73 Å². The average Bonchev–Trinajstić information content (AvgIpc) is 2.79. The number of nitro benzene ring substituents is 1. The van der Waals surface area contributed by atoms with Gasteiger partial charge in [0.2, 0.25) is 11.8 Å². The van der Waals surface area contributed by atoms with E-state index in [-0.39, 0.29) is 23.6 Å². The van der Waals surface area contributed by atoms with Gasteiger partial charge >= 0.3 is 0 Å². The molecule has 0 saturated carbocycles. The molecule has 1 aliphatic heterocycles. The molecule has 0 bridgehead atoms. The molecule has 1 atom stereocenters. The topological polar surface area (TPSA) is 107 Å². The van der Waals surface area contributed by atoms with Crippen molar-refractivity contribution in [3.05, 3.63) is 69.3 Å². The second-order valence-corrected chi connectivity index (χ2v) is 7.32. The van der Waals surface area contributed by atoms with Crippen LogP contribution in [0, 0.1) is 10.1 Å². The Bertz CT molecular complexity index is 938. The maximum absolute atomic E-state index is 12.5. The van der Waals surface area contributed by atoms with E-state index in [9.17, 15) is 19.7 Å². The van der Waals surface area contributed by atoms with Crippen molar-refractivity contribution < 1.29 is 14.5 Å². The van der Waals surface area contributed by atoms with Crippen LogP contribution in [0.3, 0.4) is 0 Å². The van der Waals surface area contributed by atoms with Crippen molar-refractivity contribution in [3.8, 4) is 0 Å². The van der Waals surface area contributed by atoms with Crippen molar-refractivity contribution in [1.82, 2.24) is 0 Å². The minimum Gasteiger partial charge on any atom is -0.369 e. The zero-order valence-electron chi connectivity index (χ0n) is 15.4. The lowest BCUT2D eigenvalue weighted by molar-refractivity contribution is -0.385. The van der Waals surface area contributed by atoms with Crippen molar-refractivity contribution in [2.45, 2.75) is 31.6 Å². The van der Waals surface area contributed by atoms with Crippen LogP contribution in [0.25, 0.3) is 0 Å². The van der Waals surface area contributed by atoms with Crippen LogP contribution in [-0.2, 0) is 21.4 Å². The van der Waals surface area contributed by atoms with E-state index in [1.54, 1.807) is 27.0 Å². The van der Waals surface area contributed by atoms with E-state index in [1.807, 2.05) is 30.3 Å². The second-order valence-electron chi connectivity index (χ2n) is 7.32. The number of amides is 2. The van der Waals surface area contributed by atoms with Gasteiger partial charge in [0.15, 0.2) is 0 Å². The van der Waals surface area contributed by atoms with Crippen LogP contribution in [0.5, 0.6) is 0 Å². The van der Waals surface area contributed by atoms with Crippen molar-refractivity contribution in [1.29, 1.82) is 0 Å². The first kappa shape index (κ1) is 18.6. The van der Waals surface area contributed by atoms with Crippen LogP contribution in [-0.4, -0.2) is 23.8 Å². The molecule has 0 saturated heterocycles. The average molecular weight is 367 g/mol. The number of benzene rings is 2. The molecule has 1 unspecified atom stereocenters. The third kappa shape index (κ3) is 3.05. The van der Waals surface area contributed by atoms with Crippen molar-refractivity contribution in [3.63, 3.8) is 0 Å². The molecule has 2 N–H and O–H groups in total. The van der Waals surface area contributed by atoms with Gasteiger partial charge < -0.3 is 10.6 Å². The van der Waals surface area contributed by atoms with Crippen LogP contribution in [0.1, 0.15) is 36.5 Å². The molecular weight excluding hydrogens is 346 g/mol. The quantitative estimate of drug-likeness (QED) is 0.647. The molecule has 0 radical (unpaired) electrons. The number of likely N-dealkylation sites (N-methyl/N-ethyl adjacent to an activating group) is 1. The number of primary amides is 1. The molecule has 7 nitrogen and oxygen atoms in total. The zero-order chi connectivity index (χ0) is 19.9. The summed E-state index contributed by atoms with van der Waals surface area (Å²) < 4.78 is 0. The summed E-state index contributed by atoms with van der Waals surface area (Å²) in [5.41, 5.74) is 6.82. The first-order chi connectivity index (χ1) is 12.6. The van der Waals surface area contributed by atoms with Gasteiger partial charge in [0, 0.05) is 18.7 Å². The SMILES string of the molecule is CN1C(=O)C(C)(C)c2cc(C(Cc3ccccc3)C(N)=O)c([N+](=O)[O-])cc21. The van der Waals surface area contributed by atoms with E-state index >= 15 is 0 Å². The van der Waals surface area contributed by atoms with E-state index in [0.717, 1.165) is 5.56 Å². The molecule has 3 rings (SSSR count). The molecule has 0 spiro atoms. The van der Waals surface area contributed by atoms with Gasteiger partial charge in [-0.15, -0.1) is 0 Å². The van der Waals surface area contributed by atoms with Crippen LogP contribution < -0.4 is 10.6 Å². The molecule has 0 fully saturated rings. The summed E-state index contributed by atoms with van der Waals surface area (Å²) in [6.45, 7) is 3.54. The van der Waals surface area contributed by atoms with Crippen LogP contribution in [0.15, 0.2) is 42.5 Å². The fourth-order valence-electron chi connectivity index (χ4n) is 3.67. The number of carbonyl (C=O) groups excluding carboxylic acids is 2. The highest BCUT2D eigenvalue weighted by Crippen LogP contribution is 2.45. The van der Waals surface area contributed by atoms with E-state index in [2.05, 4.69) is 0 Å². The fourth-order valence-corrected chi connectivity index (χ4v) is 3.67. The Balaban J connectivity index is 2.19. The highest BCUT2D eigenvalue weighted by molar-refractivity contribution is 6.07. The second kappa shape index (κ2) is 6.50. The van der Waals surface area contributed by atoms with Crippen molar-refractivity contribution in [2.75, 3.05) is 11.9 Å². The summed E-state index contributed by atoms with van der Waals surface area (Å²) in [5, 5.41) is 11.7. The Labute approximate surface area is 156 Å². The minimum atomic E-state index is -0.866. The molecule has 1 aliphatic rings. The molecule has 2 aromatic carbocycles. The van der Waals surface area contributed by atoms with Gasteiger partial charge in [0.25, 0.3) is 5.69 Å². The highest BCUT2D eigenvalue weighted by Gasteiger charge is 2.44. The predicted molar refractivity (Wildman–Crippen MR) is 102 cm³/mol. The minimum absolute atomic E-state index is 0.150. The number of fused-ring (bicyclic) bond motifs is 1. The van der Waals surface area contributed by atoms with Gasteiger partial charge in [-0.2, -0.15) is 0 Å². The van der Waals surface area contributed by atoms with Crippen LogP contribution in [0.2, 0.25) is 0 Å². The summed E-state index contributed by atoms with van der Waals surface area (Å²) in [4.78, 5) is 37.3. The Morgan fingerprint density at radius 3 is 2.44 bits per heavy atom. The van der Waals surface area contributed by atoms with Gasteiger partial charge in [0.05, 0.1) is 21.9 Å². The van der Waals surface area contributed by atoms with E-state index < -0.39 is 22.2 Å². The van der Waals surface area contributed by atoms with E-state index in [4.69, 9.17) is 5.73 Å². The molecule has 140 valence electrons. The third-order valence-corrected chi connectivity index (χ3v) is 5.22. The van der Waals surface area contributed by atoms with Gasteiger partial charge in [-0.1, -0.05) is 30.3 Å². The molecule has 2 aromatic rings. The first-order valence-electron chi connectivity index (χ1n) is 8.58. The third-order valence-electron chi connectivity index (χ3n) is 5.22. The predicted octanol–water partition coefficient (Wildman–Crippen LogP) is 2.66. The number of nitrogens with zero attached hydrogens (tertiary/aromatic N) is 2. The summed E-state index contributed by atoms with van der Waals surface area (Å²) in [6.07, 6.45) is 0.250. The Morgan fingerprint density at radius 2 is 1.89 bits per heavy atom. The highest BCUT2D eigenvalue weighted by atomic mass is 16.6. The van der Waals surface area contributed by atoms with E-state index in [0.29, 0.717) is 11.3 Å². The lowest BCUT2D eigenvalue weighted by atomic mass is 9.82. The summed E-state index contributed by atoms with van der Waals surface area (Å²) in [5.74, 6) is -1.66. The number of rotatable bonds is 5.